The third kappa shape index (κ3) is 3.09. The number of methoxy groups -OCH3 is 1. The van der Waals surface area contributed by atoms with Gasteiger partial charge in [0.25, 0.3) is 0 Å². The van der Waals surface area contributed by atoms with E-state index in [-0.39, 0.29) is 17.7 Å². The van der Waals surface area contributed by atoms with Crippen LogP contribution in [0, 0.1) is 5.92 Å². The fourth-order valence-electron chi connectivity index (χ4n) is 2.77. The normalized spacial score (nSPS) is 19.5. The van der Waals surface area contributed by atoms with E-state index in [1.807, 2.05) is 48.5 Å². The molecule has 22 heavy (non-hydrogen) atoms. The lowest BCUT2D eigenvalue weighted by atomic mass is 10.1. The molecular weight excluding hydrogens is 298 g/mol. The molecule has 1 fully saturated rings. The van der Waals surface area contributed by atoms with Gasteiger partial charge in [0, 0.05) is 23.0 Å². The predicted molar refractivity (Wildman–Crippen MR) is 87.1 cm³/mol. The van der Waals surface area contributed by atoms with Gasteiger partial charge in [0.15, 0.2) is 0 Å². The summed E-state index contributed by atoms with van der Waals surface area (Å²) in [6.07, 6.45) is 0.863. The molecule has 4 heteroatoms. The summed E-state index contributed by atoms with van der Waals surface area (Å²) in [5, 5.41) is 3.74. The van der Waals surface area contributed by atoms with E-state index in [1.54, 1.807) is 7.11 Å². The summed E-state index contributed by atoms with van der Waals surface area (Å²) in [6, 6.07) is 15.4. The zero-order chi connectivity index (χ0) is 15.5. The van der Waals surface area contributed by atoms with Gasteiger partial charge < -0.3 is 10.1 Å². The van der Waals surface area contributed by atoms with Crippen LogP contribution in [0.3, 0.4) is 0 Å². The van der Waals surface area contributed by atoms with Gasteiger partial charge in [0.05, 0.1) is 7.11 Å². The lowest BCUT2D eigenvalue weighted by molar-refractivity contribution is -0.122. The summed E-state index contributed by atoms with van der Waals surface area (Å²) in [7, 11) is 1.63. The van der Waals surface area contributed by atoms with Crippen LogP contribution < -0.4 is 10.1 Å². The van der Waals surface area contributed by atoms with Gasteiger partial charge in [-0.2, -0.15) is 0 Å². The van der Waals surface area contributed by atoms with E-state index >= 15 is 0 Å². The Kier molecular flexibility index (Phi) is 4.34. The van der Waals surface area contributed by atoms with Crippen LogP contribution in [0.2, 0.25) is 5.02 Å². The molecule has 3 nitrogen and oxygen atoms in total. The third-order valence-electron chi connectivity index (χ3n) is 4.08. The Labute approximate surface area is 135 Å². The van der Waals surface area contributed by atoms with Crippen LogP contribution in [0.25, 0.3) is 0 Å². The number of hydrogen-bond donors (Lipinski definition) is 1. The highest BCUT2D eigenvalue weighted by Gasteiger charge is 2.44. The molecule has 0 aliphatic heterocycles. The molecule has 1 N–H and O–H groups in total. The first kappa shape index (κ1) is 14.9. The predicted octanol–water partition coefficient (Wildman–Crippen LogP) is 3.77. The zero-order valence-electron chi connectivity index (χ0n) is 12.4. The Morgan fingerprint density at radius 3 is 2.73 bits per heavy atom. The topological polar surface area (TPSA) is 38.3 Å². The van der Waals surface area contributed by atoms with Gasteiger partial charge >= 0.3 is 0 Å². The van der Waals surface area contributed by atoms with Crippen LogP contribution in [-0.4, -0.2) is 13.0 Å². The Balaban J connectivity index is 1.59. The summed E-state index contributed by atoms with van der Waals surface area (Å²) in [4.78, 5) is 12.3. The summed E-state index contributed by atoms with van der Waals surface area (Å²) in [5.74, 6) is 1.14. The number of carbonyl (C=O) groups excluding carboxylic acids is 1. The molecule has 1 aliphatic carbocycles. The van der Waals surface area contributed by atoms with E-state index in [9.17, 15) is 4.79 Å². The minimum atomic E-state index is 0.0228. The van der Waals surface area contributed by atoms with E-state index < -0.39 is 0 Å². The minimum absolute atomic E-state index is 0.0228. The van der Waals surface area contributed by atoms with Crippen LogP contribution in [0.1, 0.15) is 23.5 Å². The molecule has 0 bridgehead atoms. The second kappa shape index (κ2) is 6.41. The molecule has 0 radical (unpaired) electrons. The Morgan fingerprint density at radius 1 is 1.23 bits per heavy atom. The summed E-state index contributed by atoms with van der Waals surface area (Å²) < 4.78 is 5.29. The average molecular weight is 316 g/mol. The molecule has 2 atom stereocenters. The molecule has 2 aromatic carbocycles. The molecule has 3 rings (SSSR count). The maximum Gasteiger partial charge on any atom is 0.224 e. The van der Waals surface area contributed by atoms with E-state index in [1.165, 1.54) is 0 Å². The van der Waals surface area contributed by atoms with Gasteiger partial charge in [-0.15, -0.1) is 0 Å². The second-order valence-electron chi connectivity index (χ2n) is 5.50. The first-order valence-electron chi connectivity index (χ1n) is 7.34. The molecule has 114 valence electrons. The molecule has 1 amide bonds. The third-order valence-corrected chi connectivity index (χ3v) is 4.42. The number of hydrogen-bond acceptors (Lipinski definition) is 2. The highest BCUT2D eigenvalue weighted by molar-refractivity contribution is 6.31. The number of amides is 1. The minimum Gasteiger partial charge on any atom is -0.496 e. The van der Waals surface area contributed by atoms with Gasteiger partial charge in [-0.3, -0.25) is 4.79 Å². The molecule has 1 saturated carbocycles. The van der Waals surface area contributed by atoms with Crippen molar-refractivity contribution < 1.29 is 9.53 Å². The first-order chi connectivity index (χ1) is 10.7. The monoisotopic (exact) mass is 315 g/mol. The number of para-hydroxylation sites is 1. The Morgan fingerprint density at radius 2 is 1.95 bits per heavy atom. The van der Waals surface area contributed by atoms with Crippen molar-refractivity contribution in [2.24, 2.45) is 5.92 Å². The van der Waals surface area contributed by atoms with Crippen LogP contribution in [0.5, 0.6) is 5.75 Å². The van der Waals surface area contributed by atoms with Crippen molar-refractivity contribution in [1.82, 2.24) is 5.32 Å². The average Bonchev–Trinajstić information content (AvgIpc) is 3.34. The van der Waals surface area contributed by atoms with Crippen molar-refractivity contribution in [2.75, 3.05) is 7.11 Å². The lowest BCUT2D eigenvalue weighted by Crippen LogP contribution is -2.25. The molecule has 1 aliphatic rings. The molecular formula is C18H18ClNO2. The highest BCUT2D eigenvalue weighted by atomic mass is 35.5. The first-order valence-corrected chi connectivity index (χ1v) is 7.72. The standard InChI is InChI=1S/C18H18ClNO2/c1-22-17-9-5-2-6-12(17)11-20-18(21)15-10-14(15)13-7-3-4-8-16(13)19/h2-9,14-15H,10-11H2,1H3,(H,20,21). The smallest absolute Gasteiger partial charge is 0.224 e. The maximum absolute atomic E-state index is 12.3. The molecule has 0 heterocycles. The van der Waals surface area contributed by atoms with Crippen molar-refractivity contribution in [3.8, 4) is 5.75 Å². The van der Waals surface area contributed by atoms with Crippen molar-refractivity contribution in [2.45, 2.75) is 18.9 Å². The quantitative estimate of drug-likeness (QED) is 0.912. The number of rotatable bonds is 5. The summed E-state index contributed by atoms with van der Waals surface area (Å²) >= 11 is 6.19. The van der Waals surface area contributed by atoms with E-state index in [0.717, 1.165) is 28.3 Å². The highest BCUT2D eigenvalue weighted by Crippen LogP contribution is 2.49. The van der Waals surface area contributed by atoms with Gasteiger partial charge in [0.2, 0.25) is 5.91 Å². The largest absolute Gasteiger partial charge is 0.496 e. The van der Waals surface area contributed by atoms with Crippen LogP contribution in [-0.2, 0) is 11.3 Å². The Hall–Kier alpha value is -2.00. The SMILES string of the molecule is COc1ccccc1CNC(=O)C1CC1c1ccccc1Cl. The number of benzene rings is 2. The summed E-state index contributed by atoms with van der Waals surface area (Å²) in [5.41, 5.74) is 2.05. The molecule has 0 saturated heterocycles. The molecule has 0 spiro atoms. The zero-order valence-corrected chi connectivity index (χ0v) is 13.1. The van der Waals surface area contributed by atoms with Gasteiger partial charge in [-0.05, 0) is 30.0 Å². The van der Waals surface area contributed by atoms with Gasteiger partial charge in [0.1, 0.15) is 5.75 Å². The van der Waals surface area contributed by atoms with E-state index in [4.69, 9.17) is 16.3 Å². The van der Waals surface area contributed by atoms with Crippen molar-refractivity contribution in [1.29, 1.82) is 0 Å². The van der Waals surface area contributed by atoms with Crippen molar-refractivity contribution >= 4 is 17.5 Å². The van der Waals surface area contributed by atoms with Gasteiger partial charge in [-0.25, -0.2) is 0 Å². The molecule has 2 aromatic rings. The maximum atomic E-state index is 12.3. The molecule has 2 unspecified atom stereocenters. The number of ether oxygens (including phenoxy) is 1. The second-order valence-corrected chi connectivity index (χ2v) is 5.91. The molecule has 0 aromatic heterocycles. The van der Waals surface area contributed by atoms with Gasteiger partial charge in [-0.1, -0.05) is 48.0 Å². The fourth-order valence-corrected chi connectivity index (χ4v) is 3.04. The number of halogens is 1. The fraction of sp³-hybridized carbons (Fsp3) is 0.278. The van der Waals surface area contributed by atoms with E-state index in [0.29, 0.717) is 6.54 Å². The number of nitrogens with one attached hydrogen (secondary N) is 1. The van der Waals surface area contributed by atoms with E-state index in [2.05, 4.69) is 5.32 Å². The summed E-state index contributed by atoms with van der Waals surface area (Å²) in [6.45, 7) is 0.481. The number of carbonyl (C=O) groups is 1. The van der Waals surface area contributed by atoms with Crippen LogP contribution >= 0.6 is 11.6 Å². The lowest BCUT2D eigenvalue weighted by Gasteiger charge is -2.09. The van der Waals surface area contributed by atoms with Crippen LogP contribution in [0.4, 0.5) is 0 Å². The van der Waals surface area contributed by atoms with Crippen LogP contribution in [0.15, 0.2) is 48.5 Å². The Bertz CT molecular complexity index is 686. The van der Waals surface area contributed by atoms with Crippen molar-refractivity contribution in [3.63, 3.8) is 0 Å². The van der Waals surface area contributed by atoms with Crippen molar-refractivity contribution in [3.05, 3.63) is 64.7 Å².